The smallest absolute Gasteiger partial charge is 0.0674 e. The van der Waals surface area contributed by atoms with Crippen LogP contribution in [0.2, 0.25) is 0 Å². The number of unbranched alkanes of at least 4 members (excludes halogenated alkanes) is 5. The minimum Gasteiger partial charge on any atom is -0.330 e. The Kier molecular flexibility index (Phi) is 11.5. The van der Waals surface area contributed by atoms with E-state index in [1.807, 2.05) is 0 Å². The summed E-state index contributed by atoms with van der Waals surface area (Å²) in [6.07, 6.45) is 11.6. The van der Waals surface area contributed by atoms with Crippen molar-refractivity contribution in [1.29, 1.82) is 0 Å². The lowest BCUT2D eigenvalue weighted by Crippen LogP contribution is -1.98. The van der Waals surface area contributed by atoms with E-state index >= 15 is 0 Å². The summed E-state index contributed by atoms with van der Waals surface area (Å²) in [5.74, 6) is 0. The lowest BCUT2D eigenvalue weighted by molar-refractivity contribution is 0.544. The van der Waals surface area contributed by atoms with Crippen molar-refractivity contribution in [3.8, 4) is 0 Å². The molecule has 2 atom stereocenters. The highest BCUT2D eigenvalue weighted by atomic mass is 31.1. The van der Waals surface area contributed by atoms with Gasteiger partial charge in [0.15, 0.2) is 0 Å². The van der Waals surface area contributed by atoms with Gasteiger partial charge >= 0.3 is 0 Å². The molecule has 0 heterocycles. The van der Waals surface area contributed by atoms with Crippen LogP contribution in [0.4, 0.5) is 0 Å². The van der Waals surface area contributed by atoms with Crippen molar-refractivity contribution >= 4 is 8.46 Å². The molecule has 0 fully saturated rings. The van der Waals surface area contributed by atoms with Gasteiger partial charge in [0.1, 0.15) is 0 Å². The number of rotatable bonds is 10. The molecule has 0 amide bonds. The second kappa shape index (κ2) is 11.3. The highest BCUT2D eigenvalue weighted by molar-refractivity contribution is 7.24. The van der Waals surface area contributed by atoms with E-state index in [1.165, 1.54) is 57.8 Å². The van der Waals surface area contributed by atoms with Gasteiger partial charge in [-0.25, -0.2) is 0 Å². The summed E-state index contributed by atoms with van der Waals surface area (Å²) in [4.78, 5) is 0. The molecular weight excluding hydrogens is 191 g/mol. The SMILES string of the molecule is CCCCCCCC(CCCC)[PH2]=O. The zero-order chi connectivity index (χ0) is 10.6. The first-order valence-corrected chi connectivity index (χ1v) is 7.44. The van der Waals surface area contributed by atoms with Gasteiger partial charge in [0, 0.05) is 5.66 Å². The Bertz CT molecular complexity index is 125. The molecule has 0 aliphatic carbocycles. The molecule has 0 aliphatic rings. The Balaban J connectivity index is 3.28. The van der Waals surface area contributed by atoms with Crippen molar-refractivity contribution in [2.45, 2.75) is 77.3 Å². The molecule has 0 saturated heterocycles. The molecule has 0 spiro atoms. The summed E-state index contributed by atoms with van der Waals surface area (Å²) >= 11 is 0. The summed E-state index contributed by atoms with van der Waals surface area (Å²) in [5, 5.41) is 0. The van der Waals surface area contributed by atoms with Gasteiger partial charge in [-0.1, -0.05) is 58.8 Å². The summed E-state index contributed by atoms with van der Waals surface area (Å²) < 4.78 is 10.9. The molecule has 2 unspecified atom stereocenters. The maximum atomic E-state index is 10.9. The standard InChI is InChI=1S/C12H27OP/c1-3-5-7-8-9-11-12(14-13)10-6-4-2/h12H,3-11,14H2,1-2H3. The van der Waals surface area contributed by atoms with Crippen molar-refractivity contribution in [1.82, 2.24) is 0 Å². The largest absolute Gasteiger partial charge is 0.330 e. The van der Waals surface area contributed by atoms with Gasteiger partial charge in [-0.05, 0) is 12.8 Å². The van der Waals surface area contributed by atoms with Crippen LogP contribution in [0.3, 0.4) is 0 Å². The Morgan fingerprint density at radius 2 is 1.43 bits per heavy atom. The molecule has 0 radical (unpaired) electrons. The van der Waals surface area contributed by atoms with Crippen molar-refractivity contribution in [3.63, 3.8) is 0 Å². The quantitative estimate of drug-likeness (QED) is 0.385. The predicted molar refractivity (Wildman–Crippen MR) is 67.1 cm³/mol. The monoisotopic (exact) mass is 218 g/mol. The maximum Gasteiger partial charge on any atom is 0.0674 e. The summed E-state index contributed by atoms with van der Waals surface area (Å²) in [6, 6.07) is 0. The molecule has 0 bridgehead atoms. The molecule has 86 valence electrons. The van der Waals surface area contributed by atoms with Crippen LogP contribution in [0.15, 0.2) is 0 Å². The van der Waals surface area contributed by atoms with Gasteiger partial charge < -0.3 is 4.57 Å². The van der Waals surface area contributed by atoms with Crippen molar-refractivity contribution < 1.29 is 4.57 Å². The van der Waals surface area contributed by atoms with E-state index in [0.717, 1.165) is 0 Å². The van der Waals surface area contributed by atoms with E-state index in [2.05, 4.69) is 13.8 Å². The van der Waals surface area contributed by atoms with Crippen LogP contribution in [0.1, 0.15) is 71.6 Å². The molecule has 14 heavy (non-hydrogen) atoms. The topological polar surface area (TPSA) is 17.1 Å². The van der Waals surface area contributed by atoms with Crippen LogP contribution in [-0.2, 0) is 4.57 Å². The second-order valence-corrected chi connectivity index (χ2v) is 5.46. The average Bonchev–Trinajstić information content (AvgIpc) is 2.22. The molecule has 0 aromatic heterocycles. The molecule has 0 rings (SSSR count). The van der Waals surface area contributed by atoms with Gasteiger partial charge in [-0.15, -0.1) is 0 Å². The molecule has 0 aliphatic heterocycles. The molecule has 2 heteroatoms. The Morgan fingerprint density at radius 1 is 0.857 bits per heavy atom. The zero-order valence-corrected chi connectivity index (χ0v) is 11.1. The Hall–Kier alpha value is 0.230. The number of hydrogen-bond acceptors (Lipinski definition) is 1. The lowest BCUT2D eigenvalue weighted by Gasteiger charge is -2.09. The van der Waals surface area contributed by atoms with Crippen LogP contribution in [0.25, 0.3) is 0 Å². The first-order chi connectivity index (χ1) is 6.85. The second-order valence-electron chi connectivity index (χ2n) is 4.24. The Labute approximate surface area is 90.9 Å². The van der Waals surface area contributed by atoms with Crippen molar-refractivity contribution in [2.24, 2.45) is 0 Å². The molecule has 0 saturated carbocycles. The van der Waals surface area contributed by atoms with E-state index in [4.69, 9.17) is 0 Å². The van der Waals surface area contributed by atoms with Gasteiger partial charge in [-0.3, -0.25) is 0 Å². The normalized spacial score (nSPS) is 13.9. The third-order valence-corrected chi connectivity index (χ3v) is 3.85. The average molecular weight is 218 g/mol. The summed E-state index contributed by atoms with van der Waals surface area (Å²) in [5.41, 5.74) is 0.552. The van der Waals surface area contributed by atoms with E-state index in [0.29, 0.717) is 5.66 Å². The fourth-order valence-electron chi connectivity index (χ4n) is 1.76. The van der Waals surface area contributed by atoms with E-state index in [-0.39, 0.29) is 0 Å². The first-order valence-electron chi connectivity index (χ1n) is 6.30. The fraction of sp³-hybridized carbons (Fsp3) is 1.00. The van der Waals surface area contributed by atoms with Gasteiger partial charge in [-0.2, -0.15) is 0 Å². The fourth-order valence-corrected chi connectivity index (χ4v) is 2.50. The predicted octanol–water partition coefficient (Wildman–Crippen LogP) is 4.66. The summed E-state index contributed by atoms with van der Waals surface area (Å²) in [7, 11) is -0.530. The van der Waals surface area contributed by atoms with Crippen LogP contribution in [0.5, 0.6) is 0 Å². The summed E-state index contributed by atoms with van der Waals surface area (Å²) in [6.45, 7) is 4.45. The van der Waals surface area contributed by atoms with E-state index in [1.54, 1.807) is 0 Å². The highest BCUT2D eigenvalue weighted by Crippen LogP contribution is 2.21. The van der Waals surface area contributed by atoms with Gasteiger partial charge in [0.05, 0.1) is 8.46 Å². The maximum absolute atomic E-state index is 10.9. The number of hydrogen-bond donors (Lipinski definition) is 0. The van der Waals surface area contributed by atoms with Crippen LogP contribution < -0.4 is 0 Å². The minimum absolute atomic E-state index is 0.530. The molecule has 0 aromatic rings. The zero-order valence-electron chi connectivity index (χ0n) is 9.93. The third kappa shape index (κ3) is 8.81. The van der Waals surface area contributed by atoms with Gasteiger partial charge in [0.2, 0.25) is 0 Å². The minimum atomic E-state index is -0.530. The van der Waals surface area contributed by atoms with E-state index < -0.39 is 8.46 Å². The van der Waals surface area contributed by atoms with Crippen LogP contribution in [-0.4, -0.2) is 5.66 Å². The molecular formula is C12H27OP. The molecule has 0 N–H and O–H groups in total. The van der Waals surface area contributed by atoms with Gasteiger partial charge in [0.25, 0.3) is 0 Å². The van der Waals surface area contributed by atoms with Crippen LogP contribution >= 0.6 is 8.46 Å². The third-order valence-electron chi connectivity index (χ3n) is 2.80. The first kappa shape index (κ1) is 14.2. The highest BCUT2D eigenvalue weighted by Gasteiger charge is 2.04. The van der Waals surface area contributed by atoms with Crippen LogP contribution in [0, 0.1) is 0 Å². The molecule has 0 aromatic carbocycles. The van der Waals surface area contributed by atoms with E-state index in [9.17, 15) is 4.57 Å². The molecule has 1 nitrogen and oxygen atoms in total. The van der Waals surface area contributed by atoms with Crippen molar-refractivity contribution in [2.75, 3.05) is 0 Å². The Morgan fingerprint density at radius 3 is 2.00 bits per heavy atom. The van der Waals surface area contributed by atoms with Crippen molar-refractivity contribution in [3.05, 3.63) is 0 Å². The lowest BCUT2D eigenvalue weighted by atomic mass is 10.1.